The number of aliphatic hydroxyl groups is 1. The van der Waals surface area contributed by atoms with Gasteiger partial charge in [-0.05, 0) is 25.2 Å². The maximum absolute atomic E-state index is 9.99. The molecule has 1 N–H and O–H groups in total. The highest BCUT2D eigenvalue weighted by molar-refractivity contribution is 4.78. The Bertz CT molecular complexity index is 116. The molecule has 0 saturated heterocycles. The summed E-state index contributed by atoms with van der Waals surface area (Å²) >= 11 is 0. The van der Waals surface area contributed by atoms with Crippen LogP contribution in [-0.2, 0) is 0 Å². The molecule has 0 saturated carbocycles. The number of rotatable bonds is 5. The Morgan fingerprint density at radius 3 is 2.08 bits per heavy atom. The fourth-order valence-corrected chi connectivity index (χ4v) is 1.54. The monoisotopic (exact) mass is 172 g/mol. The summed E-state index contributed by atoms with van der Waals surface area (Å²) in [7, 11) is 0. The molecule has 2 atom stereocenters. The molecule has 0 heterocycles. The van der Waals surface area contributed by atoms with Crippen LogP contribution in [0, 0.1) is 11.8 Å². The molecule has 0 aromatic heterocycles. The van der Waals surface area contributed by atoms with Crippen LogP contribution in [0.1, 0.15) is 53.9 Å². The van der Waals surface area contributed by atoms with Crippen molar-refractivity contribution in [1.82, 2.24) is 0 Å². The van der Waals surface area contributed by atoms with Crippen molar-refractivity contribution in [2.75, 3.05) is 0 Å². The molecule has 0 rings (SSSR count). The van der Waals surface area contributed by atoms with Crippen LogP contribution in [0.3, 0.4) is 0 Å². The van der Waals surface area contributed by atoms with Gasteiger partial charge in [-0.2, -0.15) is 0 Å². The first-order valence-corrected chi connectivity index (χ1v) is 5.12. The smallest absolute Gasteiger partial charge is 0.0645 e. The van der Waals surface area contributed by atoms with Crippen molar-refractivity contribution in [3.63, 3.8) is 0 Å². The van der Waals surface area contributed by atoms with E-state index in [4.69, 9.17) is 0 Å². The van der Waals surface area contributed by atoms with E-state index in [1.807, 2.05) is 6.92 Å². The van der Waals surface area contributed by atoms with E-state index in [9.17, 15) is 5.11 Å². The molecule has 2 unspecified atom stereocenters. The third-order valence-corrected chi connectivity index (χ3v) is 2.79. The van der Waals surface area contributed by atoms with Crippen molar-refractivity contribution in [2.45, 2.75) is 59.5 Å². The Labute approximate surface area is 77.2 Å². The van der Waals surface area contributed by atoms with Crippen LogP contribution in [0.25, 0.3) is 0 Å². The SMILES string of the molecule is CCCC(C)CC(C)(O)C(C)C. The largest absolute Gasteiger partial charge is 0.390 e. The van der Waals surface area contributed by atoms with E-state index in [-0.39, 0.29) is 0 Å². The van der Waals surface area contributed by atoms with Gasteiger partial charge in [-0.1, -0.05) is 40.5 Å². The average Bonchev–Trinajstić information content (AvgIpc) is 1.85. The highest BCUT2D eigenvalue weighted by Gasteiger charge is 2.26. The summed E-state index contributed by atoms with van der Waals surface area (Å²) in [5.41, 5.74) is -0.478. The predicted molar refractivity (Wildman–Crippen MR) is 54.2 cm³/mol. The van der Waals surface area contributed by atoms with Gasteiger partial charge in [0.15, 0.2) is 0 Å². The van der Waals surface area contributed by atoms with Gasteiger partial charge in [0, 0.05) is 0 Å². The Morgan fingerprint density at radius 2 is 1.75 bits per heavy atom. The van der Waals surface area contributed by atoms with Gasteiger partial charge in [-0.25, -0.2) is 0 Å². The maximum Gasteiger partial charge on any atom is 0.0645 e. The van der Waals surface area contributed by atoms with E-state index in [1.165, 1.54) is 12.8 Å². The van der Waals surface area contributed by atoms with Crippen LogP contribution in [0.5, 0.6) is 0 Å². The number of hydrogen-bond acceptors (Lipinski definition) is 1. The molecule has 0 fully saturated rings. The standard InChI is InChI=1S/C11H24O/c1-6-7-10(4)8-11(5,12)9(2)3/h9-10,12H,6-8H2,1-5H3. The third-order valence-electron chi connectivity index (χ3n) is 2.79. The van der Waals surface area contributed by atoms with Gasteiger partial charge in [0.1, 0.15) is 0 Å². The van der Waals surface area contributed by atoms with Gasteiger partial charge < -0.3 is 5.11 Å². The molecule has 0 aliphatic carbocycles. The topological polar surface area (TPSA) is 20.2 Å². The third kappa shape index (κ3) is 4.10. The molecular formula is C11H24O. The van der Waals surface area contributed by atoms with Crippen LogP contribution in [0.4, 0.5) is 0 Å². The molecule has 0 aliphatic heterocycles. The summed E-state index contributed by atoms with van der Waals surface area (Å²) in [6.07, 6.45) is 3.37. The predicted octanol–water partition coefficient (Wildman–Crippen LogP) is 3.22. The minimum absolute atomic E-state index is 0.358. The molecule has 0 aromatic carbocycles. The summed E-state index contributed by atoms with van der Waals surface area (Å²) in [4.78, 5) is 0. The van der Waals surface area contributed by atoms with Crippen LogP contribution in [0.2, 0.25) is 0 Å². The van der Waals surface area contributed by atoms with E-state index in [0.717, 1.165) is 6.42 Å². The molecule has 1 heteroatoms. The summed E-state index contributed by atoms with van der Waals surface area (Å²) in [6, 6.07) is 0. The van der Waals surface area contributed by atoms with Crippen LogP contribution >= 0.6 is 0 Å². The minimum atomic E-state index is -0.478. The second-order valence-corrected chi connectivity index (χ2v) is 4.61. The maximum atomic E-state index is 9.99. The summed E-state index contributed by atoms with van der Waals surface area (Å²) < 4.78 is 0. The van der Waals surface area contributed by atoms with Gasteiger partial charge in [-0.15, -0.1) is 0 Å². The first-order chi connectivity index (χ1) is 5.40. The lowest BCUT2D eigenvalue weighted by Gasteiger charge is -2.30. The van der Waals surface area contributed by atoms with Crippen molar-refractivity contribution >= 4 is 0 Å². The van der Waals surface area contributed by atoms with Gasteiger partial charge in [0.25, 0.3) is 0 Å². The Morgan fingerprint density at radius 1 is 1.25 bits per heavy atom. The molecular weight excluding hydrogens is 148 g/mol. The molecule has 0 aromatic rings. The molecule has 0 amide bonds. The van der Waals surface area contributed by atoms with Gasteiger partial charge in [0.05, 0.1) is 5.60 Å². The Hall–Kier alpha value is -0.0400. The quantitative estimate of drug-likeness (QED) is 0.675. The van der Waals surface area contributed by atoms with Gasteiger partial charge >= 0.3 is 0 Å². The van der Waals surface area contributed by atoms with Crippen LogP contribution in [0.15, 0.2) is 0 Å². The van der Waals surface area contributed by atoms with Crippen molar-refractivity contribution in [3.8, 4) is 0 Å². The van der Waals surface area contributed by atoms with E-state index in [2.05, 4.69) is 27.7 Å². The molecule has 0 radical (unpaired) electrons. The molecule has 0 bridgehead atoms. The molecule has 1 nitrogen and oxygen atoms in total. The van der Waals surface area contributed by atoms with E-state index >= 15 is 0 Å². The van der Waals surface area contributed by atoms with Crippen LogP contribution < -0.4 is 0 Å². The van der Waals surface area contributed by atoms with Crippen molar-refractivity contribution in [3.05, 3.63) is 0 Å². The summed E-state index contributed by atoms with van der Waals surface area (Å²) in [5, 5.41) is 9.99. The first-order valence-electron chi connectivity index (χ1n) is 5.12. The highest BCUT2D eigenvalue weighted by atomic mass is 16.3. The first kappa shape index (κ1) is 12.0. The molecule has 0 spiro atoms. The molecule has 12 heavy (non-hydrogen) atoms. The van der Waals surface area contributed by atoms with Gasteiger partial charge in [-0.3, -0.25) is 0 Å². The van der Waals surface area contributed by atoms with E-state index < -0.39 is 5.60 Å². The van der Waals surface area contributed by atoms with Crippen molar-refractivity contribution in [2.24, 2.45) is 11.8 Å². The van der Waals surface area contributed by atoms with Crippen molar-refractivity contribution < 1.29 is 5.11 Å². The zero-order chi connectivity index (χ0) is 9.78. The Kier molecular flexibility index (Phi) is 4.84. The van der Waals surface area contributed by atoms with E-state index in [1.54, 1.807) is 0 Å². The summed E-state index contributed by atoms with van der Waals surface area (Å²) in [6.45, 7) is 10.5. The fourth-order valence-electron chi connectivity index (χ4n) is 1.54. The van der Waals surface area contributed by atoms with Gasteiger partial charge in [0.2, 0.25) is 0 Å². The normalized spacial score (nSPS) is 19.2. The second kappa shape index (κ2) is 4.86. The van der Waals surface area contributed by atoms with E-state index in [0.29, 0.717) is 11.8 Å². The lowest BCUT2D eigenvalue weighted by atomic mass is 9.83. The fraction of sp³-hybridized carbons (Fsp3) is 1.00. The zero-order valence-corrected chi connectivity index (χ0v) is 9.22. The summed E-state index contributed by atoms with van der Waals surface area (Å²) in [5.74, 6) is 1.00. The Balaban J connectivity index is 3.88. The van der Waals surface area contributed by atoms with Crippen LogP contribution in [-0.4, -0.2) is 10.7 Å². The van der Waals surface area contributed by atoms with Crippen molar-refractivity contribution in [1.29, 1.82) is 0 Å². The lowest BCUT2D eigenvalue weighted by molar-refractivity contribution is -0.00821. The molecule has 74 valence electrons. The zero-order valence-electron chi connectivity index (χ0n) is 9.22. The lowest BCUT2D eigenvalue weighted by Crippen LogP contribution is -2.33. The average molecular weight is 172 g/mol. The minimum Gasteiger partial charge on any atom is -0.390 e. The highest BCUT2D eigenvalue weighted by Crippen LogP contribution is 2.26. The second-order valence-electron chi connectivity index (χ2n) is 4.61. The number of hydrogen-bond donors (Lipinski definition) is 1. The molecule has 0 aliphatic rings.